The zero-order valence-electron chi connectivity index (χ0n) is 14.0. The van der Waals surface area contributed by atoms with Crippen molar-refractivity contribution in [3.05, 3.63) is 42.0 Å². The lowest BCUT2D eigenvalue weighted by molar-refractivity contribution is -0.117. The number of aryl methyl sites for hydroxylation is 1. The molecule has 0 radical (unpaired) electrons. The molecule has 0 bridgehead atoms. The third-order valence-electron chi connectivity index (χ3n) is 3.57. The minimum Gasteiger partial charge on any atom is -0.497 e. The summed E-state index contributed by atoms with van der Waals surface area (Å²) >= 11 is 5.10. The number of nitrogens with zero attached hydrogens (tertiary/aromatic N) is 3. The zero-order chi connectivity index (χ0) is 18.0. The molecule has 3 rings (SSSR count). The summed E-state index contributed by atoms with van der Waals surface area (Å²) in [6.07, 6.45) is 0. The molecule has 0 fully saturated rings. The van der Waals surface area contributed by atoms with Gasteiger partial charge in [0.25, 0.3) is 0 Å². The van der Waals surface area contributed by atoms with Crippen LogP contribution < -0.4 is 15.4 Å². The van der Waals surface area contributed by atoms with Gasteiger partial charge in [-0.2, -0.15) is 4.80 Å². The second-order valence-corrected chi connectivity index (χ2v) is 5.89. The van der Waals surface area contributed by atoms with Gasteiger partial charge in [-0.1, -0.05) is 0 Å². The summed E-state index contributed by atoms with van der Waals surface area (Å²) in [4.78, 5) is 12.6. The fourth-order valence-electron chi connectivity index (χ4n) is 2.35. The molecule has 2 aromatic carbocycles. The molecule has 0 aliphatic carbocycles. The van der Waals surface area contributed by atoms with E-state index in [-0.39, 0.29) is 11.0 Å². The maximum atomic E-state index is 11.1. The van der Waals surface area contributed by atoms with Crippen molar-refractivity contribution in [3.63, 3.8) is 0 Å². The van der Waals surface area contributed by atoms with Crippen molar-refractivity contribution in [2.45, 2.75) is 13.8 Å². The van der Waals surface area contributed by atoms with Gasteiger partial charge in [0.15, 0.2) is 5.11 Å². The molecule has 0 saturated heterocycles. The highest BCUT2D eigenvalue weighted by Crippen LogP contribution is 2.22. The van der Waals surface area contributed by atoms with Crippen molar-refractivity contribution in [3.8, 4) is 11.4 Å². The molecule has 3 aromatic rings. The number of ether oxygens (including phenoxy) is 1. The Bertz CT molecular complexity index is 950. The summed E-state index contributed by atoms with van der Waals surface area (Å²) in [5, 5.41) is 14.8. The molecule has 0 spiro atoms. The van der Waals surface area contributed by atoms with E-state index < -0.39 is 0 Å². The van der Waals surface area contributed by atoms with Crippen LogP contribution in [0.15, 0.2) is 36.4 Å². The lowest BCUT2D eigenvalue weighted by Crippen LogP contribution is -2.32. The lowest BCUT2D eigenvalue weighted by Gasteiger charge is -2.10. The fourth-order valence-corrected chi connectivity index (χ4v) is 2.60. The summed E-state index contributed by atoms with van der Waals surface area (Å²) in [5.74, 6) is 0.552. The standard InChI is InChI=1S/C17H17N5O2S/c1-10-8-15-16(9-14(10)19-17(25)18-11(2)23)21-22(20-15)12-4-6-13(24-3)7-5-12/h4-9H,1-3H3,(H2,18,19,23,25). The van der Waals surface area contributed by atoms with Crippen LogP contribution in [-0.4, -0.2) is 33.1 Å². The number of benzene rings is 2. The van der Waals surface area contributed by atoms with Crippen LogP contribution >= 0.6 is 12.2 Å². The SMILES string of the molecule is COc1ccc(-n2nc3cc(C)c(NC(=S)NC(C)=O)cc3n2)cc1. The van der Waals surface area contributed by atoms with E-state index in [1.165, 1.54) is 6.92 Å². The van der Waals surface area contributed by atoms with E-state index in [1.54, 1.807) is 11.9 Å². The molecule has 25 heavy (non-hydrogen) atoms. The van der Waals surface area contributed by atoms with Gasteiger partial charge in [-0.15, -0.1) is 10.2 Å². The fraction of sp³-hybridized carbons (Fsp3) is 0.176. The van der Waals surface area contributed by atoms with Crippen LogP contribution in [-0.2, 0) is 4.79 Å². The molecule has 128 valence electrons. The predicted molar refractivity (Wildman–Crippen MR) is 100 cm³/mol. The number of carbonyl (C=O) groups is 1. The second kappa shape index (κ2) is 6.86. The summed E-state index contributed by atoms with van der Waals surface area (Å²) in [7, 11) is 1.62. The van der Waals surface area contributed by atoms with Gasteiger partial charge in [-0.25, -0.2) is 0 Å². The van der Waals surface area contributed by atoms with Crippen LogP contribution in [0.2, 0.25) is 0 Å². The maximum absolute atomic E-state index is 11.1. The van der Waals surface area contributed by atoms with Gasteiger partial charge in [0.2, 0.25) is 5.91 Å². The van der Waals surface area contributed by atoms with E-state index in [2.05, 4.69) is 20.8 Å². The van der Waals surface area contributed by atoms with Gasteiger partial charge >= 0.3 is 0 Å². The van der Waals surface area contributed by atoms with Crippen LogP contribution in [0.25, 0.3) is 16.7 Å². The molecule has 7 nitrogen and oxygen atoms in total. The monoisotopic (exact) mass is 355 g/mol. The Kier molecular flexibility index (Phi) is 4.62. The molecule has 0 aliphatic heterocycles. The molecule has 8 heteroatoms. The topological polar surface area (TPSA) is 81.1 Å². The Balaban J connectivity index is 1.92. The van der Waals surface area contributed by atoms with E-state index in [1.807, 2.05) is 43.3 Å². The van der Waals surface area contributed by atoms with E-state index in [4.69, 9.17) is 17.0 Å². The summed E-state index contributed by atoms with van der Waals surface area (Å²) in [6, 6.07) is 11.2. The van der Waals surface area contributed by atoms with Gasteiger partial charge in [0.05, 0.1) is 12.8 Å². The number of thiocarbonyl (C=S) groups is 1. The number of anilines is 1. The van der Waals surface area contributed by atoms with Crippen LogP contribution in [0.3, 0.4) is 0 Å². The normalized spacial score (nSPS) is 10.5. The highest BCUT2D eigenvalue weighted by molar-refractivity contribution is 7.80. The van der Waals surface area contributed by atoms with E-state index >= 15 is 0 Å². The minimum absolute atomic E-state index is 0.221. The van der Waals surface area contributed by atoms with Crippen molar-refractivity contribution < 1.29 is 9.53 Å². The Hall–Kier alpha value is -3.00. The number of fused-ring (bicyclic) bond motifs is 1. The number of carbonyl (C=O) groups excluding carboxylic acids is 1. The quantitative estimate of drug-likeness (QED) is 0.703. The molecular formula is C17H17N5O2S. The highest BCUT2D eigenvalue weighted by atomic mass is 32.1. The summed E-state index contributed by atoms with van der Waals surface area (Å²) in [6.45, 7) is 3.34. The van der Waals surface area contributed by atoms with Crippen molar-refractivity contribution in [2.75, 3.05) is 12.4 Å². The number of rotatable bonds is 3. The van der Waals surface area contributed by atoms with Crippen molar-refractivity contribution in [1.82, 2.24) is 20.3 Å². The molecular weight excluding hydrogens is 338 g/mol. The van der Waals surface area contributed by atoms with Crippen LogP contribution in [0.5, 0.6) is 5.75 Å². The molecule has 2 N–H and O–H groups in total. The van der Waals surface area contributed by atoms with Crippen LogP contribution in [0.1, 0.15) is 12.5 Å². The van der Waals surface area contributed by atoms with Gasteiger partial charge in [0.1, 0.15) is 16.8 Å². The summed E-state index contributed by atoms with van der Waals surface area (Å²) < 4.78 is 5.16. The third kappa shape index (κ3) is 3.74. The van der Waals surface area contributed by atoms with Crippen LogP contribution in [0, 0.1) is 6.92 Å². The first-order valence-electron chi connectivity index (χ1n) is 7.57. The minimum atomic E-state index is -0.221. The van der Waals surface area contributed by atoms with Crippen molar-refractivity contribution in [1.29, 1.82) is 0 Å². The number of nitrogens with one attached hydrogen (secondary N) is 2. The number of methoxy groups -OCH3 is 1. The highest BCUT2D eigenvalue weighted by Gasteiger charge is 2.10. The predicted octanol–water partition coefficient (Wildman–Crippen LogP) is 2.57. The van der Waals surface area contributed by atoms with Crippen molar-refractivity contribution in [2.24, 2.45) is 0 Å². The van der Waals surface area contributed by atoms with Gasteiger partial charge in [0, 0.05) is 12.6 Å². The first kappa shape index (κ1) is 16.8. The molecule has 1 aromatic heterocycles. The average Bonchev–Trinajstić information content (AvgIpc) is 2.97. The van der Waals surface area contributed by atoms with Crippen LogP contribution in [0.4, 0.5) is 5.69 Å². The molecule has 1 heterocycles. The third-order valence-corrected chi connectivity index (χ3v) is 3.77. The number of aromatic nitrogens is 3. The average molecular weight is 355 g/mol. The largest absolute Gasteiger partial charge is 0.497 e. The molecule has 0 atom stereocenters. The molecule has 0 aliphatic rings. The first-order chi connectivity index (χ1) is 12.0. The number of hydrogen-bond donors (Lipinski definition) is 2. The molecule has 1 amide bonds. The molecule has 0 unspecified atom stereocenters. The number of amides is 1. The number of hydrogen-bond acceptors (Lipinski definition) is 5. The van der Waals surface area contributed by atoms with E-state index in [0.717, 1.165) is 33.7 Å². The maximum Gasteiger partial charge on any atom is 0.222 e. The van der Waals surface area contributed by atoms with E-state index in [0.29, 0.717) is 0 Å². The Morgan fingerprint density at radius 3 is 2.40 bits per heavy atom. The lowest BCUT2D eigenvalue weighted by atomic mass is 10.2. The van der Waals surface area contributed by atoms with E-state index in [9.17, 15) is 4.79 Å². The Morgan fingerprint density at radius 2 is 1.80 bits per heavy atom. The first-order valence-corrected chi connectivity index (χ1v) is 7.98. The Labute approximate surface area is 150 Å². The second-order valence-electron chi connectivity index (χ2n) is 5.48. The zero-order valence-corrected chi connectivity index (χ0v) is 14.8. The smallest absolute Gasteiger partial charge is 0.222 e. The molecule has 0 saturated carbocycles. The summed E-state index contributed by atoms with van der Waals surface area (Å²) in [5.41, 5.74) is 4.03. The van der Waals surface area contributed by atoms with Gasteiger partial charge in [-0.3, -0.25) is 4.79 Å². The van der Waals surface area contributed by atoms with Crippen molar-refractivity contribution >= 4 is 40.0 Å². The van der Waals surface area contributed by atoms with Gasteiger partial charge in [-0.05, 0) is 61.1 Å². The van der Waals surface area contributed by atoms with Gasteiger partial charge < -0.3 is 15.4 Å². The Morgan fingerprint density at radius 1 is 1.16 bits per heavy atom.